The molecule has 2 aromatic carbocycles. The number of imide groups is 1. The number of rotatable bonds is 3. The summed E-state index contributed by atoms with van der Waals surface area (Å²) in [6.07, 6.45) is 0.126. The third-order valence-corrected chi connectivity index (χ3v) is 4.32. The molecule has 2 aromatic rings. The molecule has 1 N–H and O–H groups in total. The van der Waals surface area contributed by atoms with Crippen LogP contribution in [0, 0.1) is 6.92 Å². The SMILES string of the molecule is Cc1ccc(NC2CC(=O)N(c3ccc4c(c3)OCCO4)C2=O)cc1. The fraction of sp³-hybridized carbons (Fsp3) is 0.263. The van der Waals surface area contributed by atoms with E-state index in [1.807, 2.05) is 31.2 Å². The lowest BCUT2D eigenvalue weighted by Crippen LogP contribution is -2.34. The average molecular weight is 338 g/mol. The van der Waals surface area contributed by atoms with Gasteiger partial charge in [-0.1, -0.05) is 17.7 Å². The van der Waals surface area contributed by atoms with Crippen LogP contribution in [0.5, 0.6) is 11.5 Å². The number of hydrogen-bond acceptors (Lipinski definition) is 5. The van der Waals surface area contributed by atoms with Crippen molar-refractivity contribution in [1.29, 1.82) is 0 Å². The van der Waals surface area contributed by atoms with Crippen LogP contribution in [-0.4, -0.2) is 31.1 Å². The molecular weight excluding hydrogens is 320 g/mol. The van der Waals surface area contributed by atoms with Gasteiger partial charge in [0.1, 0.15) is 19.3 Å². The smallest absolute Gasteiger partial charge is 0.256 e. The molecule has 1 unspecified atom stereocenters. The van der Waals surface area contributed by atoms with E-state index in [0.717, 1.165) is 11.3 Å². The second-order valence-corrected chi connectivity index (χ2v) is 6.16. The standard InChI is InChI=1S/C19H18N2O4/c1-12-2-4-13(5-3-12)20-15-11-18(22)21(19(15)23)14-6-7-16-17(10-14)25-9-8-24-16/h2-7,10,15,20H,8-9,11H2,1H3. The van der Waals surface area contributed by atoms with Crippen LogP contribution >= 0.6 is 0 Å². The fourth-order valence-corrected chi connectivity index (χ4v) is 3.04. The molecule has 0 radical (unpaired) electrons. The van der Waals surface area contributed by atoms with Crippen LogP contribution in [0.15, 0.2) is 42.5 Å². The third-order valence-electron chi connectivity index (χ3n) is 4.32. The normalized spacial score (nSPS) is 19.2. The monoisotopic (exact) mass is 338 g/mol. The molecule has 0 spiro atoms. The Morgan fingerprint density at radius 2 is 1.72 bits per heavy atom. The molecule has 4 rings (SSSR count). The molecule has 0 aliphatic carbocycles. The highest BCUT2D eigenvalue weighted by molar-refractivity contribution is 6.23. The van der Waals surface area contributed by atoms with Crippen LogP contribution in [0.2, 0.25) is 0 Å². The lowest BCUT2D eigenvalue weighted by molar-refractivity contribution is -0.121. The molecule has 6 heteroatoms. The van der Waals surface area contributed by atoms with Gasteiger partial charge in [-0.2, -0.15) is 0 Å². The Morgan fingerprint density at radius 3 is 2.48 bits per heavy atom. The molecule has 0 bridgehead atoms. The number of nitrogens with one attached hydrogen (secondary N) is 1. The quantitative estimate of drug-likeness (QED) is 0.871. The van der Waals surface area contributed by atoms with Crippen molar-refractivity contribution >= 4 is 23.2 Å². The van der Waals surface area contributed by atoms with Gasteiger partial charge in [0.05, 0.1) is 12.1 Å². The van der Waals surface area contributed by atoms with Gasteiger partial charge >= 0.3 is 0 Å². The summed E-state index contributed by atoms with van der Waals surface area (Å²) in [5.74, 6) is 0.691. The lowest BCUT2D eigenvalue weighted by atomic mass is 10.2. The molecule has 1 atom stereocenters. The van der Waals surface area contributed by atoms with Crippen molar-refractivity contribution in [1.82, 2.24) is 0 Å². The van der Waals surface area contributed by atoms with E-state index in [1.165, 1.54) is 4.90 Å². The second kappa shape index (κ2) is 6.12. The second-order valence-electron chi connectivity index (χ2n) is 6.16. The summed E-state index contributed by atoms with van der Waals surface area (Å²) in [5.41, 5.74) is 2.46. The summed E-state index contributed by atoms with van der Waals surface area (Å²) in [6, 6.07) is 12.3. The Bertz CT molecular complexity index is 832. The van der Waals surface area contributed by atoms with Crippen molar-refractivity contribution in [3.63, 3.8) is 0 Å². The zero-order valence-electron chi connectivity index (χ0n) is 13.8. The van der Waals surface area contributed by atoms with E-state index in [9.17, 15) is 9.59 Å². The van der Waals surface area contributed by atoms with Crippen molar-refractivity contribution < 1.29 is 19.1 Å². The maximum Gasteiger partial charge on any atom is 0.256 e. The molecule has 1 fully saturated rings. The van der Waals surface area contributed by atoms with Gasteiger partial charge < -0.3 is 14.8 Å². The highest BCUT2D eigenvalue weighted by Gasteiger charge is 2.40. The first-order chi connectivity index (χ1) is 12.1. The Balaban J connectivity index is 1.56. The Hall–Kier alpha value is -3.02. The van der Waals surface area contributed by atoms with Gasteiger partial charge in [0.2, 0.25) is 5.91 Å². The minimum absolute atomic E-state index is 0.126. The van der Waals surface area contributed by atoms with Crippen LogP contribution in [0.4, 0.5) is 11.4 Å². The highest BCUT2D eigenvalue weighted by atomic mass is 16.6. The number of fused-ring (bicyclic) bond motifs is 1. The van der Waals surface area contributed by atoms with Gasteiger partial charge in [0, 0.05) is 11.8 Å². The zero-order chi connectivity index (χ0) is 17.4. The van der Waals surface area contributed by atoms with Crippen molar-refractivity contribution in [2.45, 2.75) is 19.4 Å². The third kappa shape index (κ3) is 2.91. The number of anilines is 2. The first-order valence-electron chi connectivity index (χ1n) is 8.21. The minimum atomic E-state index is -0.566. The summed E-state index contributed by atoms with van der Waals surface area (Å²) in [7, 11) is 0. The van der Waals surface area contributed by atoms with Crippen LogP contribution < -0.4 is 19.7 Å². The van der Waals surface area contributed by atoms with Crippen LogP contribution in [-0.2, 0) is 9.59 Å². The topological polar surface area (TPSA) is 67.9 Å². The van der Waals surface area contributed by atoms with Gasteiger partial charge in [-0.05, 0) is 31.2 Å². The minimum Gasteiger partial charge on any atom is -0.486 e. The average Bonchev–Trinajstić information content (AvgIpc) is 2.90. The van der Waals surface area contributed by atoms with Crippen molar-refractivity contribution in [3.8, 4) is 11.5 Å². The molecule has 2 aliphatic rings. The van der Waals surface area contributed by atoms with Crippen LogP contribution in [0.3, 0.4) is 0 Å². The van der Waals surface area contributed by atoms with E-state index in [0.29, 0.717) is 30.4 Å². The van der Waals surface area contributed by atoms with Crippen LogP contribution in [0.25, 0.3) is 0 Å². The predicted octanol–water partition coefficient (Wildman–Crippen LogP) is 2.51. The summed E-state index contributed by atoms with van der Waals surface area (Å²) >= 11 is 0. The number of ether oxygens (including phenoxy) is 2. The maximum atomic E-state index is 12.7. The van der Waals surface area contributed by atoms with Crippen LogP contribution in [0.1, 0.15) is 12.0 Å². The number of nitrogens with zero attached hydrogens (tertiary/aromatic N) is 1. The Labute approximate surface area is 145 Å². The van der Waals surface area contributed by atoms with Crippen molar-refractivity contribution in [3.05, 3.63) is 48.0 Å². The summed E-state index contributed by atoms with van der Waals surface area (Å²) in [5, 5.41) is 3.14. The number of amides is 2. The molecule has 0 saturated carbocycles. The van der Waals surface area contributed by atoms with Gasteiger partial charge in [-0.25, -0.2) is 4.90 Å². The van der Waals surface area contributed by atoms with Gasteiger partial charge in [-0.3, -0.25) is 9.59 Å². The molecule has 2 amide bonds. The highest BCUT2D eigenvalue weighted by Crippen LogP contribution is 2.35. The molecule has 2 aliphatic heterocycles. The lowest BCUT2D eigenvalue weighted by Gasteiger charge is -2.21. The maximum absolute atomic E-state index is 12.7. The van der Waals surface area contributed by atoms with E-state index < -0.39 is 6.04 Å². The predicted molar refractivity (Wildman–Crippen MR) is 93.1 cm³/mol. The Kier molecular flexibility index (Phi) is 3.80. The summed E-state index contributed by atoms with van der Waals surface area (Å²) in [6.45, 7) is 2.95. The van der Waals surface area contributed by atoms with Gasteiger partial charge in [0.15, 0.2) is 11.5 Å². The molecular formula is C19H18N2O4. The van der Waals surface area contributed by atoms with Crippen molar-refractivity contribution in [2.24, 2.45) is 0 Å². The first-order valence-corrected chi connectivity index (χ1v) is 8.21. The summed E-state index contributed by atoms with van der Waals surface area (Å²) in [4.78, 5) is 26.3. The van der Waals surface area contributed by atoms with Crippen molar-refractivity contribution in [2.75, 3.05) is 23.4 Å². The molecule has 0 aromatic heterocycles. The van der Waals surface area contributed by atoms with E-state index in [4.69, 9.17) is 9.47 Å². The molecule has 6 nitrogen and oxygen atoms in total. The number of carbonyl (C=O) groups excluding carboxylic acids is 2. The number of benzene rings is 2. The van der Waals surface area contributed by atoms with Gasteiger partial charge in [-0.15, -0.1) is 0 Å². The first kappa shape index (κ1) is 15.5. The molecule has 2 heterocycles. The molecule has 1 saturated heterocycles. The largest absolute Gasteiger partial charge is 0.486 e. The molecule has 25 heavy (non-hydrogen) atoms. The van der Waals surface area contributed by atoms with Gasteiger partial charge in [0.25, 0.3) is 5.91 Å². The fourth-order valence-electron chi connectivity index (χ4n) is 3.04. The summed E-state index contributed by atoms with van der Waals surface area (Å²) < 4.78 is 11.0. The number of aryl methyl sites for hydroxylation is 1. The van der Waals surface area contributed by atoms with E-state index in [1.54, 1.807) is 18.2 Å². The van der Waals surface area contributed by atoms with E-state index in [-0.39, 0.29) is 18.2 Å². The zero-order valence-corrected chi connectivity index (χ0v) is 13.8. The number of carbonyl (C=O) groups is 2. The van der Waals surface area contributed by atoms with E-state index >= 15 is 0 Å². The number of hydrogen-bond donors (Lipinski definition) is 1. The Morgan fingerprint density at radius 1 is 1.00 bits per heavy atom. The van der Waals surface area contributed by atoms with E-state index in [2.05, 4.69) is 5.32 Å². The molecule has 128 valence electrons.